The van der Waals surface area contributed by atoms with Crippen molar-refractivity contribution in [2.75, 3.05) is 13.1 Å². The molecule has 0 radical (unpaired) electrons. The summed E-state index contributed by atoms with van der Waals surface area (Å²) >= 11 is 7.61. The average molecular weight is 323 g/mol. The van der Waals surface area contributed by atoms with Crippen molar-refractivity contribution in [3.8, 4) is 0 Å². The standard InChI is InChI=1S/C13H19ClN2OS.ClH/c1-8-4-3-5-16(10(8)6-15)13(17)12-11(14)9(2)7-18-12;/h7-8,10H,3-6,15H2,1-2H3;1H. The minimum atomic E-state index is 0. The van der Waals surface area contributed by atoms with Gasteiger partial charge in [0.1, 0.15) is 4.88 Å². The number of amides is 1. The number of carbonyl (C=O) groups is 1. The van der Waals surface area contributed by atoms with E-state index in [0.717, 1.165) is 24.9 Å². The number of nitrogens with two attached hydrogens (primary N) is 1. The molecule has 0 spiro atoms. The molecule has 0 bridgehead atoms. The smallest absolute Gasteiger partial charge is 0.265 e. The number of nitrogens with zero attached hydrogens (tertiary/aromatic N) is 1. The lowest BCUT2D eigenvalue weighted by molar-refractivity contribution is 0.0537. The van der Waals surface area contributed by atoms with E-state index >= 15 is 0 Å². The number of rotatable bonds is 2. The van der Waals surface area contributed by atoms with Gasteiger partial charge in [0.25, 0.3) is 5.91 Å². The second-order valence-corrected chi connectivity index (χ2v) is 6.24. The maximum absolute atomic E-state index is 12.5. The van der Waals surface area contributed by atoms with Gasteiger partial charge in [-0.15, -0.1) is 23.7 Å². The molecule has 1 aromatic rings. The van der Waals surface area contributed by atoms with Crippen molar-refractivity contribution in [1.29, 1.82) is 0 Å². The summed E-state index contributed by atoms with van der Waals surface area (Å²) in [6.45, 7) is 5.40. The van der Waals surface area contributed by atoms with Crippen LogP contribution >= 0.6 is 35.3 Å². The fourth-order valence-electron chi connectivity index (χ4n) is 2.57. The Morgan fingerprint density at radius 1 is 1.63 bits per heavy atom. The summed E-state index contributed by atoms with van der Waals surface area (Å²) in [6, 6.07) is 0.143. The van der Waals surface area contributed by atoms with Crippen LogP contribution in [0.5, 0.6) is 0 Å². The van der Waals surface area contributed by atoms with Gasteiger partial charge >= 0.3 is 0 Å². The predicted octanol–water partition coefficient (Wildman–Crippen LogP) is 3.33. The van der Waals surface area contributed by atoms with E-state index in [1.54, 1.807) is 0 Å². The molecule has 2 N–H and O–H groups in total. The first-order valence-corrected chi connectivity index (χ1v) is 7.56. The van der Waals surface area contributed by atoms with Crippen LogP contribution in [-0.2, 0) is 0 Å². The molecule has 1 amide bonds. The number of hydrogen-bond donors (Lipinski definition) is 1. The van der Waals surface area contributed by atoms with Gasteiger partial charge in [-0.2, -0.15) is 0 Å². The lowest BCUT2D eigenvalue weighted by atomic mass is 9.90. The number of halogens is 2. The molecule has 1 aliphatic heterocycles. The van der Waals surface area contributed by atoms with Crippen molar-refractivity contribution >= 4 is 41.3 Å². The number of likely N-dealkylation sites (tertiary alicyclic amines) is 1. The molecule has 2 unspecified atom stereocenters. The lowest BCUT2D eigenvalue weighted by Crippen LogP contribution is -2.51. The number of thiophene rings is 1. The van der Waals surface area contributed by atoms with Crippen LogP contribution in [0.15, 0.2) is 5.38 Å². The number of carbonyl (C=O) groups excluding carboxylic acids is 1. The zero-order valence-corrected chi connectivity index (χ0v) is 13.6. The van der Waals surface area contributed by atoms with Gasteiger partial charge in [0.15, 0.2) is 0 Å². The third-order valence-electron chi connectivity index (χ3n) is 3.71. The van der Waals surface area contributed by atoms with Gasteiger partial charge in [0.2, 0.25) is 0 Å². The maximum atomic E-state index is 12.5. The van der Waals surface area contributed by atoms with Gasteiger partial charge in [-0.3, -0.25) is 4.79 Å². The lowest BCUT2D eigenvalue weighted by Gasteiger charge is -2.39. The van der Waals surface area contributed by atoms with E-state index in [4.69, 9.17) is 17.3 Å². The average Bonchev–Trinajstić information content (AvgIpc) is 2.69. The van der Waals surface area contributed by atoms with Gasteiger partial charge in [-0.25, -0.2) is 0 Å². The molecule has 108 valence electrons. The second kappa shape index (κ2) is 6.93. The predicted molar refractivity (Wildman–Crippen MR) is 83.6 cm³/mol. The Bertz CT molecular complexity index is 450. The van der Waals surface area contributed by atoms with Gasteiger partial charge in [0.05, 0.1) is 5.02 Å². The van der Waals surface area contributed by atoms with Crippen molar-refractivity contribution in [3.63, 3.8) is 0 Å². The van der Waals surface area contributed by atoms with Crippen molar-refractivity contribution in [1.82, 2.24) is 4.90 Å². The van der Waals surface area contributed by atoms with Crippen LogP contribution in [0.3, 0.4) is 0 Å². The Hall–Kier alpha value is -0.290. The van der Waals surface area contributed by atoms with E-state index in [0.29, 0.717) is 22.4 Å². The molecule has 19 heavy (non-hydrogen) atoms. The number of aryl methyl sites for hydroxylation is 1. The summed E-state index contributed by atoms with van der Waals surface area (Å²) in [5.74, 6) is 0.507. The first-order valence-electron chi connectivity index (χ1n) is 6.31. The van der Waals surface area contributed by atoms with Crippen LogP contribution in [0, 0.1) is 12.8 Å². The van der Waals surface area contributed by atoms with Crippen LogP contribution in [0.2, 0.25) is 5.02 Å². The summed E-state index contributed by atoms with van der Waals surface area (Å²) in [5, 5.41) is 2.53. The molecule has 2 heterocycles. The summed E-state index contributed by atoms with van der Waals surface area (Å²) in [6.07, 6.45) is 2.19. The first kappa shape index (κ1) is 16.8. The van der Waals surface area contributed by atoms with Gasteiger partial charge in [-0.1, -0.05) is 18.5 Å². The minimum absolute atomic E-state index is 0. The molecule has 1 aliphatic rings. The largest absolute Gasteiger partial charge is 0.333 e. The Kier molecular flexibility index (Phi) is 6.12. The van der Waals surface area contributed by atoms with Gasteiger partial charge in [-0.05, 0) is 36.6 Å². The highest BCUT2D eigenvalue weighted by Gasteiger charge is 2.32. The summed E-state index contributed by atoms with van der Waals surface area (Å²) < 4.78 is 0. The monoisotopic (exact) mass is 322 g/mol. The highest BCUT2D eigenvalue weighted by molar-refractivity contribution is 7.13. The highest BCUT2D eigenvalue weighted by atomic mass is 35.5. The van der Waals surface area contributed by atoms with E-state index in [1.165, 1.54) is 11.3 Å². The molecule has 1 fully saturated rings. The zero-order valence-electron chi connectivity index (χ0n) is 11.2. The van der Waals surface area contributed by atoms with E-state index in [-0.39, 0.29) is 24.4 Å². The number of hydrogen-bond acceptors (Lipinski definition) is 3. The summed E-state index contributed by atoms with van der Waals surface area (Å²) in [7, 11) is 0. The topological polar surface area (TPSA) is 46.3 Å². The Balaban J connectivity index is 0.00000180. The third kappa shape index (κ3) is 3.24. The van der Waals surface area contributed by atoms with Crippen LogP contribution in [0.25, 0.3) is 0 Å². The molecule has 0 aromatic carbocycles. The molecule has 2 atom stereocenters. The first-order chi connectivity index (χ1) is 8.56. The zero-order chi connectivity index (χ0) is 13.3. The SMILES string of the molecule is Cc1csc(C(=O)N2CCCC(C)C2CN)c1Cl.Cl. The highest BCUT2D eigenvalue weighted by Crippen LogP contribution is 2.31. The summed E-state index contributed by atoms with van der Waals surface area (Å²) in [4.78, 5) is 15.1. The van der Waals surface area contributed by atoms with Crippen LogP contribution in [-0.4, -0.2) is 29.9 Å². The fraction of sp³-hybridized carbons (Fsp3) is 0.615. The number of piperidine rings is 1. The molecule has 1 aromatic heterocycles. The van der Waals surface area contributed by atoms with Crippen molar-refractivity contribution in [3.05, 3.63) is 20.8 Å². The van der Waals surface area contributed by atoms with Crippen LogP contribution in [0.4, 0.5) is 0 Å². The van der Waals surface area contributed by atoms with E-state index < -0.39 is 0 Å². The fourth-order valence-corrected chi connectivity index (χ4v) is 3.79. The maximum Gasteiger partial charge on any atom is 0.265 e. The van der Waals surface area contributed by atoms with E-state index in [1.807, 2.05) is 17.2 Å². The molecule has 0 saturated carbocycles. The molecular weight excluding hydrogens is 303 g/mol. The van der Waals surface area contributed by atoms with Crippen LogP contribution < -0.4 is 5.73 Å². The van der Waals surface area contributed by atoms with E-state index in [2.05, 4.69) is 6.92 Å². The normalized spacial score (nSPS) is 23.1. The molecule has 2 rings (SSSR count). The Morgan fingerprint density at radius 3 is 2.84 bits per heavy atom. The molecule has 6 heteroatoms. The minimum Gasteiger partial charge on any atom is -0.333 e. The molecular formula is C13H20Cl2N2OS. The Morgan fingerprint density at radius 2 is 2.32 bits per heavy atom. The van der Waals surface area contributed by atoms with Gasteiger partial charge in [0, 0.05) is 19.1 Å². The van der Waals surface area contributed by atoms with Gasteiger partial charge < -0.3 is 10.6 Å². The van der Waals surface area contributed by atoms with Crippen molar-refractivity contribution in [2.45, 2.75) is 32.7 Å². The molecule has 3 nitrogen and oxygen atoms in total. The molecule has 0 aliphatic carbocycles. The molecule has 1 saturated heterocycles. The Labute approximate surface area is 129 Å². The second-order valence-electron chi connectivity index (χ2n) is 4.98. The third-order valence-corrected chi connectivity index (χ3v) is 5.40. The summed E-state index contributed by atoms with van der Waals surface area (Å²) in [5.41, 5.74) is 6.79. The van der Waals surface area contributed by atoms with Crippen molar-refractivity contribution in [2.24, 2.45) is 11.7 Å². The van der Waals surface area contributed by atoms with E-state index in [9.17, 15) is 4.79 Å². The van der Waals surface area contributed by atoms with Crippen molar-refractivity contribution < 1.29 is 4.79 Å². The quantitative estimate of drug-likeness (QED) is 0.907. The van der Waals surface area contributed by atoms with Crippen LogP contribution in [0.1, 0.15) is 35.0 Å².